The van der Waals surface area contributed by atoms with E-state index in [-0.39, 0.29) is 17.3 Å². The summed E-state index contributed by atoms with van der Waals surface area (Å²) in [6, 6.07) is 0. The van der Waals surface area contributed by atoms with Crippen molar-refractivity contribution < 1.29 is 14.6 Å². The summed E-state index contributed by atoms with van der Waals surface area (Å²) >= 11 is 0. The quantitative estimate of drug-likeness (QED) is 0.490. The van der Waals surface area contributed by atoms with Gasteiger partial charge in [0.05, 0.1) is 0 Å². The predicted molar refractivity (Wildman–Crippen MR) is 90.6 cm³/mol. The van der Waals surface area contributed by atoms with Crippen LogP contribution >= 0.6 is 0 Å². The van der Waals surface area contributed by atoms with Crippen molar-refractivity contribution in [2.24, 2.45) is 35.0 Å². The van der Waals surface area contributed by atoms with Crippen LogP contribution in [-0.4, -0.2) is 23.1 Å². The smallest absolute Gasteiger partial charge is 0.157 e. The predicted octanol–water partition coefficient (Wildman–Crippen LogP) is 3.73. The van der Waals surface area contributed by atoms with Crippen molar-refractivity contribution in [2.75, 3.05) is 0 Å². The molecule has 0 radical (unpaired) electrons. The first-order valence-electron chi connectivity index (χ1n) is 9.05. The second-order valence-electron chi connectivity index (χ2n) is 8.29. The molecule has 2 fully saturated rings. The molecule has 3 nitrogen and oxygen atoms in total. The van der Waals surface area contributed by atoms with Gasteiger partial charge >= 0.3 is 0 Å². The van der Waals surface area contributed by atoms with Crippen molar-refractivity contribution >= 4 is 6.29 Å². The first kappa shape index (κ1) is 16.8. The highest BCUT2D eigenvalue weighted by atomic mass is 16.5. The van der Waals surface area contributed by atoms with Gasteiger partial charge in [-0.05, 0) is 36.2 Å². The number of hydrogen-bond donors (Lipinski definition) is 1. The van der Waals surface area contributed by atoms with E-state index in [2.05, 4.69) is 46.8 Å². The molecule has 1 saturated carbocycles. The van der Waals surface area contributed by atoms with Gasteiger partial charge in [-0.25, -0.2) is 0 Å². The third-order valence-corrected chi connectivity index (χ3v) is 7.00. The van der Waals surface area contributed by atoms with Gasteiger partial charge in [0.15, 0.2) is 5.60 Å². The molecule has 2 bridgehead atoms. The van der Waals surface area contributed by atoms with Crippen LogP contribution in [0.15, 0.2) is 24.0 Å². The number of aldehydes is 1. The summed E-state index contributed by atoms with van der Waals surface area (Å²) < 4.78 is 6.39. The van der Waals surface area contributed by atoms with Crippen molar-refractivity contribution in [2.45, 2.75) is 59.2 Å². The van der Waals surface area contributed by atoms with Crippen molar-refractivity contribution in [1.29, 1.82) is 0 Å². The Bertz CT molecular complexity index is 551. The second kappa shape index (κ2) is 5.47. The van der Waals surface area contributed by atoms with E-state index in [0.29, 0.717) is 17.8 Å². The third-order valence-electron chi connectivity index (χ3n) is 7.00. The van der Waals surface area contributed by atoms with Crippen LogP contribution in [-0.2, 0) is 9.53 Å². The summed E-state index contributed by atoms with van der Waals surface area (Å²) in [6.45, 7) is 11.1. The Morgan fingerprint density at radius 1 is 1.43 bits per heavy atom. The number of carbonyl (C=O) groups is 1. The molecule has 0 amide bonds. The maximum atomic E-state index is 11.2. The molecule has 23 heavy (non-hydrogen) atoms. The Balaban J connectivity index is 2.20. The van der Waals surface area contributed by atoms with E-state index in [1.54, 1.807) is 6.08 Å². The summed E-state index contributed by atoms with van der Waals surface area (Å²) in [4.78, 5) is 11.2. The van der Waals surface area contributed by atoms with Gasteiger partial charge in [-0.15, -0.1) is 0 Å². The second-order valence-corrected chi connectivity index (χ2v) is 8.29. The Labute approximate surface area is 139 Å². The summed E-state index contributed by atoms with van der Waals surface area (Å²) in [5, 5.41) is 11.0. The zero-order valence-electron chi connectivity index (χ0n) is 15.0. The maximum absolute atomic E-state index is 11.2. The third kappa shape index (κ3) is 2.02. The number of aliphatic hydroxyl groups is 1. The topological polar surface area (TPSA) is 46.5 Å². The van der Waals surface area contributed by atoms with Crippen LogP contribution in [0.5, 0.6) is 0 Å². The van der Waals surface area contributed by atoms with Gasteiger partial charge in [0.1, 0.15) is 18.1 Å². The van der Waals surface area contributed by atoms with E-state index >= 15 is 0 Å². The molecule has 1 heterocycles. The minimum atomic E-state index is -0.662. The maximum Gasteiger partial charge on any atom is 0.157 e. The van der Waals surface area contributed by atoms with Crippen molar-refractivity contribution in [1.82, 2.24) is 0 Å². The molecule has 2 aliphatic carbocycles. The molecule has 1 aliphatic heterocycles. The molecule has 3 rings (SSSR count). The van der Waals surface area contributed by atoms with Gasteiger partial charge in [-0.3, -0.25) is 4.79 Å². The average molecular weight is 318 g/mol. The van der Waals surface area contributed by atoms with E-state index in [4.69, 9.17) is 4.74 Å². The molecule has 3 heteroatoms. The van der Waals surface area contributed by atoms with Gasteiger partial charge < -0.3 is 9.84 Å². The summed E-state index contributed by atoms with van der Waals surface area (Å²) in [7, 11) is 0. The monoisotopic (exact) mass is 318 g/mol. The zero-order valence-corrected chi connectivity index (χ0v) is 15.0. The number of ether oxygens (including phenoxy) is 1. The summed E-state index contributed by atoms with van der Waals surface area (Å²) in [6.07, 6.45) is 8.37. The van der Waals surface area contributed by atoms with Gasteiger partial charge in [0, 0.05) is 17.4 Å². The molecule has 128 valence electrons. The highest BCUT2D eigenvalue weighted by Gasteiger charge is 2.69. The van der Waals surface area contributed by atoms with E-state index in [9.17, 15) is 9.90 Å². The van der Waals surface area contributed by atoms with Crippen LogP contribution < -0.4 is 0 Å². The zero-order chi connectivity index (χ0) is 17.0. The van der Waals surface area contributed by atoms with E-state index in [0.717, 1.165) is 24.9 Å². The van der Waals surface area contributed by atoms with Gasteiger partial charge in [-0.2, -0.15) is 0 Å². The summed E-state index contributed by atoms with van der Waals surface area (Å²) in [5.41, 5.74) is -0.879. The van der Waals surface area contributed by atoms with Crippen LogP contribution in [0, 0.1) is 35.0 Å². The van der Waals surface area contributed by atoms with E-state index in [1.807, 2.05) is 0 Å². The average Bonchev–Trinajstić information content (AvgIpc) is 2.69. The lowest BCUT2D eigenvalue weighted by Gasteiger charge is -2.53. The van der Waals surface area contributed by atoms with Crippen LogP contribution in [0.2, 0.25) is 0 Å². The fourth-order valence-electron chi connectivity index (χ4n) is 5.93. The SMILES string of the molecule is CC[C@@H](C)[C@H]1C=C[C@@]23O/C(=C\C=O)[C@]1(C)[C@H]2[C@H](C)C[C@H](C)[C@H]3O. The van der Waals surface area contributed by atoms with E-state index < -0.39 is 11.7 Å². The van der Waals surface area contributed by atoms with Crippen LogP contribution in [0.4, 0.5) is 0 Å². The molecular formula is C20H30O3. The molecule has 0 aromatic heterocycles. The van der Waals surface area contributed by atoms with Crippen molar-refractivity contribution in [3.05, 3.63) is 24.0 Å². The molecule has 8 atom stereocenters. The molecule has 1 saturated heterocycles. The minimum Gasteiger partial charge on any atom is -0.484 e. The highest BCUT2D eigenvalue weighted by Crippen LogP contribution is 2.67. The number of rotatable bonds is 3. The molecular weight excluding hydrogens is 288 g/mol. The number of allylic oxidation sites excluding steroid dienone is 3. The minimum absolute atomic E-state index is 0.200. The lowest BCUT2D eigenvalue weighted by molar-refractivity contribution is -0.136. The Morgan fingerprint density at radius 2 is 2.13 bits per heavy atom. The number of hydrogen-bond acceptors (Lipinski definition) is 3. The van der Waals surface area contributed by atoms with E-state index in [1.165, 1.54) is 0 Å². The molecule has 3 aliphatic rings. The van der Waals surface area contributed by atoms with Crippen molar-refractivity contribution in [3.63, 3.8) is 0 Å². The molecule has 0 unspecified atom stereocenters. The first-order chi connectivity index (χ1) is 10.8. The van der Waals surface area contributed by atoms with Crippen LogP contribution in [0.25, 0.3) is 0 Å². The Kier molecular flexibility index (Phi) is 3.99. The lowest BCUT2D eigenvalue weighted by Crippen LogP contribution is -2.60. The Hall–Kier alpha value is -1.09. The molecule has 0 aromatic carbocycles. The number of carbonyl (C=O) groups excluding carboxylic acids is 1. The van der Waals surface area contributed by atoms with Gasteiger partial charge in [-0.1, -0.05) is 47.1 Å². The van der Waals surface area contributed by atoms with Gasteiger partial charge in [0.25, 0.3) is 0 Å². The number of aliphatic hydroxyl groups excluding tert-OH is 1. The normalized spacial score (nSPS) is 51.2. The van der Waals surface area contributed by atoms with Crippen LogP contribution in [0.3, 0.4) is 0 Å². The molecule has 1 N–H and O–H groups in total. The van der Waals surface area contributed by atoms with Gasteiger partial charge in [0.2, 0.25) is 0 Å². The fraction of sp³-hybridized carbons (Fsp3) is 0.750. The van der Waals surface area contributed by atoms with Crippen molar-refractivity contribution in [3.8, 4) is 0 Å². The summed E-state index contributed by atoms with van der Waals surface area (Å²) in [5.74, 6) is 2.49. The van der Waals surface area contributed by atoms with Crippen LogP contribution in [0.1, 0.15) is 47.5 Å². The lowest BCUT2D eigenvalue weighted by atomic mass is 9.49. The Morgan fingerprint density at radius 3 is 2.74 bits per heavy atom. The molecule has 0 aromatic rings. The fourth-order valence-corrected chi connectivity index (χ4v) is 5.93. The molecule has 0 spiro atoms. The highest BCUT2D eigenvalue weighted by molar-refractivity contribution is 5.66. The standard InChI is InChI=1S/C20H30O3/c1-6-12(2)15-7-9-20-17(13(3)11-14(4)18(20)22)19(15,5)16(23-20)8-10-21/h7-10,12-15,17-18,22H,6,11H2,1-5H3/b16-8-/t12-,13-,14+,15-,17-,18-,19-,20-/m1/s1. The first-order valence-corrected chi connectivity index (χ1v) is 9.05. The largest absolute Gasteiger partial charge is 0.484 e.